The molecular formula is C16H24O2. The summed E-state index contributed by atoms with van der Waals surface area (Å²) >= 11 is 0. The van der Waals surface area contributed by atoms with E-state index >= 15 is 0 Å². The molecule has 0 saturated carbocycles. The zero-order valence-corrected chi connectivity index (χ0v) is 12.2. The van der Waals surface area contributed by atoms with Gasteiger partial charge in [0.1, 0.15) is 12.0 Å². The van der Waals surface area contributed by atoms with Crippen LogP contribution in [0.4, 0.5) is 0 Å². The van der Waals surface area contributed by atoms with Crippen LogP contribution in [0.15, 0.2) is 12.1 Å². The lowest BCUT2D eigenvalue weighted by molar-refractivity contribution is -0.107. The van der Waals surface area contributed by atoms with Crippen molar-refractivity contribution in [3.8, 4) is 5.75 Å². The fourth-order valence-corrected chi connectivity index (χ4v) is 2.21. The summed E-state index contributed by atoms with van der Waals surface area (Å²) in [7, 11) is 1.73. The number of methoxy groups -OCH3 is 1. The Morgan fingerprint density at radius 2 is 1.94 bits per heavy atom. The van der Waals surface area contributed by atoms with Gasteiger partial charge in [0.05, 0.1) is 7.11 Å². The third-order valence-corrected chi connectivity index (χ3v) is 3.09. The lowest BCUT2D eigenvalue weighted by Crippen LogP contribution is -2.14. The molecule has 1 aromatic rings. The minimum atomic E-state index is 0.0662. The van der Waals surface area contributed by atoms with E-state index in [1.165, 1.54) is 16.7 Å². The normalized spacial score (nSPS) is 11.4. The van der Waals surface area contributed by atoms with Crippen molar-refractivity contribution < 1.29 is 9.53 Å². The van der Waals surface area contributed by atoms with Crippen LogP contribution in [0.5, 0.6) is 5.75 Å². The van der Waals surface area contributed by atoms with E-state index in [4.69, 9.17) is 4.74 Å². The number of aryl methyl sites for hydroxylation is 2. The first-order valence-electron chi connectivity index (χ1n) is 6.51. The summed E-state index contributed by atoms with van der Waals surface area (Å²) in [6.07, 6.45) is 3.37. The molecule has 0 aliphatic rings. The third-order valence-electron chi connectivity index (χ3n) is 3.09. The van der Waals surface area contributed by atoms with Crippen molar-refractivity contribution >= 4 is 6.29 Å². The Kier molecular flexibility index (Phi) is 4.94. The van der Waals surface area contributed by atoms with Crippen LogP contribution in [0.25, 0.3) is 0 Å². The van der Waals surface area contributed by atoms with Crippen LogP contribution >= 0.6 is 0 Å². The molecule has 0 saturated heterocycles. The average molecular weight is 248 g/mol. The van der Waals surface area contributed by atoms with E-state index in [0.717, 1.165) is 24.9 Å². The quantitative estimate of drug-likeness (QED) is 0.585. The molecule has 18 heavy (non-hydrogen) atoms. The lowest BCUT2D eigenvalue weighted by Gasteiger charge is -2.25. The molecule has 0 fully saturated rings. The van der Waals surface area contributed by atoms with Crippen molar-refractivity contribution in [2.75, 3.05) is 7.11 Å². The van der Waals surface area contributed by atoms with Gasteiger partial charge < -0.3 is 9.53 Å². The minimum absolute atomic E-state index is 0.0662. The Hall–Kier alpha value is -1.31. The zero-order chi connectivity index (χ0) is 13.8. The summed E-state index contributed by atoms with van der Waals surface area (Å²) in [6, 6.07) is 4.36. The van der Waals surface area contributed by atoms with Crippen molar-refractivity contribution in [3.05, 3.63) is 28.8 Å². The van der Waals surface area contributed by atoms with Crippen molar-refractivity contribution in [2.45, 2.75) is 52.4 Å². The highest BCUT2D eigenvalue weighted by molar-refractivity contribution is 5.50. The molecule has 0 unspecified atom stereocenters. The molecule has 2 heteroatoms. The molecule has 0 amide bonds. The second-order valence-corrected chi connectivity index (χ2v) is 5.81. The molecule has 0 N–H and O–H groups in total. The zero-order valence-electron chi connectivity index (χ0n) is 12.2. The fourth-order valence-electron chi connectivity index (χ4n) is 2.21. The maximum atomic E-state index is 10.4. The van der Waals surface area contributed by atoms with E-state index in [1.54, 1.807) is 7.11 Å². The van der Waals surface area contributed by atoms with Gasteiger partial charge in [0.15, 0.2) is 0 Å². The number of unbranched alkanes of at least 4 members (excludes halogenated alkanes) is 1. The Bertz CT molecular complexity index is 414. The number of aldehydes is 1. The van der Waals surface area contributed by atoms with Crippen molar-refractivity contribution in [1.29, 1.82) is 0 Å². The summed E-state index contributed by atoms with van der Waals surface area (Å²) in [5.41, 5.74) is 3.77. The van der Waals surface area contributed by atoms with Gasteiger partial charge in [-0.3, -0.25) is 0 Å². The Labute approximate surface area is 110 Å². The van der Waals surface area contributed by atoms with Gasteiger partial charge in [0, 0.05) is 12.0 Å². The Morgan fingerprint density at radius 1 is 1.28 bits per heavy atom. The molecule has 2 nitrogen and oxygen atoms in total. The molecule has 0 atom stereocenters. The molecule has 1 aromatic carbocycles. The lowest BCUT2D eigenvalue weighted by atomic mass is 9.83. The minimum Gasteiger partial charge on any atom is -0.496 e. The molecule has 0 aromatic heterocycles. The molecule has 100 valence electrons. The van der Waals surface area contributed by atoms with Gasteiger partial charge in [-0.1, -0.05) is 38.5 Å². The molecule has 1 rings (SSSR count). The van der Waals surface area contributed by atoms with E-state index < -0.39 is 0 Å². The van der Waals surface area contributed by atoms with Crippen LogP contribution in [-0.2, 0) is 16.6 Å². The molecular weight excluding hydrogens is 224 g/mol. The van der Waals surface area contributed by atoms with Crippen molar-refractivity contribution in [1.82, 2.24) is 0 Å². The van der Waals surface area contributed by atoms with Gasteiger partial charge in [-0.05, 0) is 30.7 Å². The first-order chi connectivity index (χ1) is 8.40. The molecule has 0 radical (unpaired) electrons. The number of ether oxygens (including phenoxy) is 1. The average Bonchev–Trinajstić information content (AvgIpc) is 2.27. The first-order valence-corrected chi connectivity index (χ1v) is 6.51. The van der Waals surface area contributed by atoms with Crippen LogP contribution in [0.2, 0.25) is 0 Å². The van der Waals surface area contributed by atoms with Gasteiger partial charge >= 0.3 is 0 Å². The molecule has 0 aliphatic heterocycles. The number of hydrogen-bond donors (Lipinski definition) is 0. The monoisotopic (exact) mass is 248 g/mol. The predicted octanol–water partition coefficient (Wildman–Crippen LogP) is 3.82. The smallest absolute Gasteiger partial charge is 0.125 e. The van der Waals surface area contributed by atoms with Crippen LogP contribution in [-0.4, -0.2) is 13.4 Å². The van der Waals surface area contributed by atoms with Gasteiger partial charge in [-0.2, -0.15) is 0 Å². The molecule has 0 aliphatic carbocycles. The van der Waals surface area contributed by atoms with Crippen LogP contribution in [0.3, 0.4) is 0 Å². The Morgan fingerprint density at radius 3 is 2.44 bits per heavy atom. The second-order valence-electron chi connectivity index (χ2n) is 5.81. The highest BCUT2D eigenvalue weighted by Gasteiger charge is 2.21. The van der Waals surface area contributed by atoms with E-state index in [0.29, 0.717) is 6.42 Å². The van der Waals surface area contributed by atoms with Crippen LogP contribution in [0, 0.1) is 6.92 Å². The van der Waals surface area contributed by atoms with Gasteiger partial charge in [-0.15, -0.1) is 0 Å². The second kappa shape index (κ2) is 6.03. The maximum absolute atomic E-state index is 10.4. The van der Waals surface area contributed by atoms with Gasteiger partial charge in [-0.25, -0.2) is 0 Å². The highest BCUT2D eigenvalue weighted by atomic mass is 16.5. The number of hydrogen-bond acceptors (Lipinski definition) is 2. The van der Waals surface area contributed by atoms with Crippen LogP contribution in [0.1, 0.15) is 50.3 Å². The summed E-state index contributed by atoms with van der Waals surface area (Å²) in [6.45, 7) is 8.69. The number of carbonyl (C=O) groups excluding carboxylic acids is 1. The van der Waals surface area contributed by atoms with Gasteiger partial charge in [0.25, 0.3) is 0 Å². The standard InChI is InChI=1S/C16H24O2/c1-12-10-13(8-6-7-9-17)15(18-5)14(11-12)16(2,3)4/h9-11H,6-8H2,1-5H3. The third kappa shape index (κ3) is 3.59. The number of rotatable bonds is 5. The van der Waals surface area contributed by atoms with E-state index in [-0.39, 0.29) is 5.41 Å². The first kappa shape index (κ1) is 14.7. The summed E-state index contributed by atoms with van der Waals surface area (Å²) in [5.74, 6) is 0.985. The molecule has 0 spiro atoms. The SMILES string of the molecule is COc1c(CCCC=O)cc(C)cc1C(C)(C)C. The topological polar surface area (TPSA) is 26.3 Å². The number of benzene rings is 1. The van der Waals surface area contributed by atoms with Crippen molar-refractivity contribution in [2.24, 2.45) is 0 Å². The highest BCUT2D eigenvalue weighted by Crippen LogP contribution is 2.35. The summed E-state index contributed by atoms with van der Waals surface area (Å²) in [5, 5.41) is 0. The summed E-state index contributed by atoms with van der Waals surface area (Å²) in [4.78, 5) is 10.4. The predicted molar refractivity (Wildman–Crippen MR) is 75.4 cm³/mol. The maximum Gasteiger partial charge on any atom is 0.125 e. The van der Waals surface area contributed by atoms with E-state index in [1.807, 2.05) is 0 Å². The molecule has 0 bridgehead atoms. The molecule has 0 heterocycles. The fraction of sp³-hybridized carbons (Fsp3) is 0.562. The van der Waals surface area contributed by atoms with E-state index in [9.17, 15) is 4.79 Å². The largest absolute Gasteiger partial charge is 0.496 e. The summed E-state index contributed by atoms with van der Waals surface area (Å²) < 4.78 is 5.60. The Balaban J connectivity index is 3.16. The van der Waals surface area contributed by atoms with E-state index in [2.05, 4.69) is 39.8 Å². The van der Waals surface area contributed by atoms with Gasteiger partial charge in [0.2, 0.25) is 0 Å². The number of carbonyl (C=O) groups is 1. The van der Waals surface area contributed by atoms with Crippen LogP contribution < -0.4 is 4.74 Å². The van der Waals surface area contributed by atoms with Crippen molar-refractivity contribution in [3.63, 3.8) is 0 Å².